The van der Waals surface area contributed by atoms with E-state index in [4.69, 9.17) is 0 Å². The Morgan fingerprint density at radius 1 is 1.53 bits per heavy atom. The predicted octanol–water partition coefficient (Wildman–Crippen LogP) is 3.35. The first kappa shape index (κ1) is 12.8. The minimum absolute atomic E-state index is 0.103. The lowest BCUT2D eigenvalue weighted by atomic mass is 10.0. The van der Waals surface area contributed by atoms with Crippen molar-refractivity contribution in [3.8, 4) is 0 Å². The molecule has 17 heavy (non-hydrogen) atoms. The number of rotatable bonds is 4. The van der Waals surface area contributed by atoms with Crippen LogP contribution in [0.25, 0.3) is 0 Å². The zero-order chi connectivity index (χ0) is 12.5. The van der Waals surface area contributed by atoms with Gasteiger partial charge in [0.15, 0.2) is 0 Å². The normalized spacial score (nSPS) is 16.6. The molecule has 2 nitrogen and oxygen atoms in total. The highest BCUT2D eigenvalue weighted by molar-refractivity contribution is 14.1. The summed E-state index contributed by atoms with van der Waals surface area (Å²) in [6.07, 6.45) is 3.50. The van der Waals surface area contributed by atoms with E-state index in [1.807, 2.05) is 22.6 Å². The van der Waals surface area contributed by atoms with E-state index < -0.39 is 0 Å². The Morgan fingerprint density at radius 2 is 2.24 bits per heavy atom. The molecule has 0 spiro atoms. The van der Waals surface area contributed by atoms with E-state index >= 15 is 0 Å². The summed E-state index contributed by atoms with van der Waals surface area (Å²) in [5.41, 5.74) is 0.889. The third-order valence-corrected chi connectivity index (χ3v) is 4.40. The number of halogens is 2. The maximum absolute atomic E-state index is 12.9. The van der Waals surface area contributed by atoms with E-state index in [2.05, 4.69) is 12.2 Å². The number of hydrogen-bond acceptors (Lipinski definition) is 1. The van der Waals surface area contributed by atoms with Crippen LogP contribution in [0.5, 0.6) is 0 Å². The van der Waals surface area contributed by atoms with E-state index in [0.717, 1.165) is 13.0 Å². The van der Waals surface area contributed by atoms with E-state index in [1.165, 1.54) is 31.0 Å². The second kappa shape index (κ2) is 4.92. The number of amides is 1. The van der Waals surface area contributed by atoms with Crippen LogP contribution in [0, 0.1) is 14.8 Å². The van der Waals surface area contributed by atoms with Crippen LogP contribution in [0.4, 0.5) is 4.39 Å². The van der Waals surface area contributed by atoms with Crippen molar-refractivity contribution in [1.82, 2.24) is 5.32 Å². The smallest absolute Gasteiger partial charge is 0.252 e. The molecular formula is C13H15FINO. The molecule has 1 N–H and O–H groups in total. The first-order valence-corrected chi connectivity index (χ1v) is 6.87. The summed E-state index contributed by atoms with van der Waals surface area (Å²) in [4.78, 5) is 11.9. The van der Waals surface area contributed by atoms with E-state index in [1.54, 1.807) is 0 Å². The van der Waals surface area contributed by atoms with Crippen LogP contribution < -0.4 is 5.32 Å². The molecule has 92 valence electrons. The van der Waals surface area contributed by atoms with Crippen LogP contribution in [-0.2, 0) is 0 Å². The van der Waals surface area contributed by atoms with Crippen molar-refractivity contribution in [1.29, 1.82) is 0 Å². The molecule has 1 aromatic rings. The van der Waals surface area contributed by atoms with Gasteiger partial charge in [-0.05, 0) is 65.5 Å². The van der Waals surface area contributed by atoms with Crippen LogP contribution in [0.15, 0.2) is 18.2 Å². The monoisotopic (exact) mass is 347 g/mol. The number of carbonyl (C=O) groups excluding carboxylic acids is 1. The van der Waals surface area contributed by atoms with Crippen molar-refractivity contribution >= 4 is 28.5 Å². The first-order valence-electron chi connectivity index (χ1n) is 5.79. The maximum atomic E-state index is 12.9. The average Bonchev–Trinajstić information content (AvgIpc) is 3.07. The second-order valence-electron chi connectivity index (χ2n) is 4.66. The minimum atomic E-state index is -0.307. The Kier molecular flexibility index (Phi) is 3.70. The molecule has 1 aliphatic rings. The van der Waals surface area contributed by atoms with Gasteiger partial charge in [0.2, 0.25) is 0 Å². The lowest BCUT2D eigenvalue weighted by Gasteiger charge is -2.13. The van der Waals surface area contributed by atoms with Crippen molar-refractivity contribution in [2.45, 2.75) is 26.2 Å². The zero-order valence-electron chi connectivity index (χ0n) is 9.72. The van der Waals surface area contributed by atoms with Gasteiger partial charge in [-0.1, -0.05) is 6.92 Å². The molecule has 0 unspecified atom stereocenters. The number of nitrogens with one attached hydrogen (secondary N) is 1. The molecule has 1 aromatic carbocycles. The van der Waals surface area contributed by atoms with Gasteiger partial charge in [-0.15, -0.1) is 0 Å². The Bertz CT molecular complexity index is 443. The van der Waals surface area contributed by atoms with Crippen molar-refractivity contribution in [2.75, 3.05) is 6.54 Å². The average molecular weight is 347 g/mol. The van der Waals surface area contributed by atoms with Gasteiger partial charge in [0.1, 0.15) is 5.82 Å². The summed E-state index contributed by atoms with van der Waals surface area (Å²) in [5.74, 6) is -0.410. The molecule has 0 radical (unpaired) electrons. The van der Waals surface area contributed by atoms with Crippen LogP contribution in [-0.4, -0.2) is 12.5 Å². The van der Waals surface area contributed by atoms with Gasteiger partial charge in [-0.25, -0.2) is 4.39 Å². The molecule has 0 aliphatic heterocycles. The summed E-state index contributed by atoms with van der Waals surface area (Å²) in [7, 11) is 0. The third kappa shape index (κ3) is 2.97. The fourth-order valence-electron chi connectivity index (χ4n) is 1.87. The highest BCUT2D eigenvalue weighted by atomic mass is 127. The quantitative estimate of drug-likeness (QED) is 0.832. The van der Waals surface area contributed by atoms with Crippen molar-refractivity contribution in [3.63, 3.8) is 0 Å². The molecule has 2 rings (SSSR count). The van der Waals surface area contributed by atoms with Crippen molar-refractivity contribution < 1.29 is 9.18 Å². The molecular weight excluding hydrogens is 332 g/mol. The first-order chi connectivity index (χ1) is 8.06. The molecule has 0 bridgehead atoms. The maximum Gasteiger partial charge on any atom is 0.252 e. The van der Waals surface area contributed by atoms with E-state index in [0.29, 0.717) is 14.5 Å². The fourth-order valence-corrected chi connectivity index (χ4v) is 2.59. The largest absolute Gasteiger partial charge is 0.351 e. The molecule has 1 amide bonds. The van der Waals surface area contributed by atoms with Crippen LogP contribution in [0.2, 0.25) is 0 Å². The molecule has 0 atom stereocenters. The highest BCUT2D eigenvalue weighted by Crippen LogP contribution is 2.47. The predicted molar refractivity (Wildman–Crippen MR) is 73.4 cm³/mol. The molecule has 0 heterocycles. The molecule has 1 fully saturated rings. The van der Waals surface area contributed by atoms with Crippen molar-refractivity contribution in [2.24, 2.45) is 5.41 Å². The summed E-state index contributed by atoms with van der Waals surface area (Å²) in [5, 5.41) is 2.95. The summed E-state index contributed by atoms with van der Waals surface area (Å²) >= 11 is 1.99. The molecule has 0 aromatic heterocycles. The molecule has 1 aliphatic carbocycles. The molecule has 1 saturated carbocycles. The lowest BCUT2D eigenvalue weighted by Crippen LogP contribution is -2.30. The third-order valence-electron chi connectivity index (χ3n) is 3.51. The van der Waals surface area contributed by atoms with Crippen LogP contribution in [0.1, 0.15) is 36.5 Å². The van der Waals surface area contributed by atoms with Crippen LogP contribution in [0.3, 0.4) is 0 Å². The number of carbonyl (C=O) groups is 1. The highest BCUT2D eigenvalue weighted by Gasteiger charge is 2.40. The van der Waals surface area contributed by atoms with Gasteiger partial charge < -0.3 is 5.32 Å². The van der Waals surface area contributed by atoms with Gasteiger partial charge in [-0.2, -0.15) is 0 Å². The van der Waals surface area contributed by atoms with Gasteiger partial charge in [0, 0.05) is 10.1 Å². The van der Waals surface area contributed by atoms with E-state index in [-0.39, 0.29) is 11.7 Å². The Hall–Kier alpha value is -0.650. The summed E-state index contributed by atoms with van der Waals surface area (Å²) in [6.45, 7) is 2.89. The van der Waals surface area contributed by atoms with Gasteiger partial charge >= 0.3 is 0 Å². The standard InChI is InChI=1S/C13H15FINO/c1-2-13(5-6-13)8-16-12(17)10-4-3-9(14)7-11(10)15/h3-4,7H,2,5-6,8H2,1H3,(H,16,17). The molecule has 4 heteroatoms. The van der Waals surface area contributed by atoms with Crippen molar-refractivity contribution in [3.05, 3.63) is 33.1 Å². The summed E-state index contributed by atoms with van der Waals surface area (Å²) < 4.78 is 13.6. The van der Waals surface area contributed by atoms with Gasteiger partial charge in [-0.3, -0.25) is 4.79 Å². The van der Waals surface area contributed by atoms with Crippen LogP contribution >= 0.6 is 22.6 Å². The topological polar surface area (TPSA) is 29.1 Å². The van der Waals surface area contributed by atoms with Gasteiger partial charge in [0.25, 0.3) is 5.91 Å². The molecule has 0 saturated heterocycles. The number of hydrogen-bond donors (Lipinski definition) is 1. The lowest BCUT2D eigenvalue weighted by molar-refractivity contribution is 0.0943. The fraction of sp³-hybridized carbons (Fsp3) is 0.462. The Labute approximate surface area is 114 Å². The van der Waals surface area contributed by atoms with E-state index in [9.17, 15) is 9.18 Å². The Morgan fingerprint density at radius 3 is 2.76 bits per heavy atom. The second-order valence-corrected chi connectivity index (χ2v) is 5.82. The van der Waals surface area contributed by atoms with Gasteiger partial charge in [0.05, 0.1) is 5.56 Å². The Balaban J connectivity index is 2.00. The summed E-state index contributed by atoms with van der Waals surface area (Å²) in [6, 6.07) is 4.24. The minimum Gasteiger partial charge on any atom is -0.351 e. The SMILES string of the molecule is CCC1(CNC(=O)c2ccc(F)cc2I)CC1. The zero-order valence-corrected chi connectivity index (χ0v) is 11.9. The number of benzene rings is 1.